The van der Waals surface area contributed by atoms with Crippen molar-refractivity contribution in [2.75, 3.05) is 20.2 Å². The number of phenolic OH excluding ortho intramolecular Hbond substituents is 2. The first-order valence-corrected chi connectivity index (χ1v) is 14.3. The van der Waals surface area contributed by atoms with E-state index in [0.29, 0.717) is 18.0 Å². The van der Waals surface area contributed by atoms with Crippen molar-refractivity contribution in [3.05, 3.63) is 88.0 Å². The Morgan fingerprint density at radius 2 is 1.60 bits per heavy atom. The first kappa shape index (κ1) is 30.7. The predicted octanol–water partition coefficient (Wildman–Crippen LogP) is 6.80. The summed E-state index contributed by atoms with van der Waals surface area (Å²) in [5.41, 5.74) is 7.83. The summed E-state index contributed by atoms with van der Waals surface area (Å²) in [6, 6.07) is 20.1. The summed E-state index contributed by atoms with van der Waals surface area (Å²) >= 11 is 0. The summed E-state index contributed by atoms with van der Waals surface area (Å²) in [6.45, 7) is 5.41. The number of rotatable bonds is 3. The standard InChI is InChI=1S/C19H21NO2.C14H19NO.BrH.ClH/c21-18-9-7-14-15-10-11-20(12-13-4-2-1-3-5-13)17(15)8-6-16(14)19(18)22;1-9-3-4-10-11-7-8-15-13(11)6-5-12(10)14(9)16-2;;/h1-5,7,9,15,17,21-22H,6,8,10-12H2;3-4,11,13,15H,5-8H2,1-2H3;2*1H/t15-,17+;11-,13+;;/m11../s1. The highest BCUT2D eigenvalue weighted by Gasteiger charge is 2.39. The van der Waals surface area contributed by atoms with Crippen LogP contribution in [0.3, 0.4) is 0 Å². The predicted molar refractivity (Wildman–Crippen MR) is 169 cm³/mol. The fourth-order valence-electron chi connectivity index (χ4n) is 7.61. The number of ether oxygens (including phenoxy) is 1. The van der Waals surface area contributed by atoms with Gasteiger partial charge in [-0.1, -0.05) is 48.5 Å². The lowest BCUT2D eigenvalue weighted by Gasteiger charge is -2.33. The third-order valence-corrected chi connectivity index (χ3v) is 9.43. The van der Waals surface area contributed by atoms with Gasteiger partial charge in [-0.15, -0.1) is 29.4 Å². The van der Waals surface area contributed by atoms with E-state index in [1.165, 1.54) is 47.2 Å². The average molecular weight is 630 g/mol. The number of likely N-dealkylation sites (tertiary alicyclic amines) is 1. The molecular formula is C33H42BrClN2O3. The molecule has 5 nitrogen and oxygen atoms in total. The van der Waals surface area contributed by atoms with E-state index >= 15 is 0 Å². The first-order chi connectivity index (χ1) is 18.5. The summed E-state index contributed by atoms with van der Waals surface area (Å²) < 4.78 is 5.57. The second-order valence-corrected chi connectivity index (χ2v) is 11.4. The van der Waals surface area contributed by atoms with Crippen molar-refractivity contribution >= 4 is 29.4 Å². The summed E-state index contributed by atoms with van der Waals surface area (Å²) in [5.74, 6) is 2.44. The summed E-state index contributed by atoms with van der Waals surface area (Å²) in [4.78, 5) is 2.58. The van der Waals surface area contributed by atoms with Crippen molar-refractivity contribution in [1.82, 2.24) is 10.2 Å². The zero-order valence-corrected chi connectivity index (χ0v) is 26.0. The second kappa shape index (κ2) is 13.2. The van der Waals surface area contributed by atoms with Gasteiger partial charge in [0.2, 0.25) is 0 Å². The molecule has 216 valence electrons. The molecule has 3 aromatic rings. The normalized spacial score (nSPS) is 24.1. The Balaban J connectivity index is 0.000000184. The van der Waals surface area contributed by atoms with Gasteiger partial charge in [-0.3, -0.25) is 4.90 Å². The van der Waals surface area contributed by atoms with Crippen molar-refractivity contribution in [3.63, 3.8) is 0 Å². The fraction of sp³-hybridized carbons (Fsp3) is 0.455. The minimum Gasteiger partial charge on any atom is -0.504 e. The molecule has 2 aliphatic heterocycles. The lowest BCUT2D eigenvalue weighted by atomic mass is 9.79. The number of aryl methyl sites for hydroxylation is 1. The lowest BCUT2D eigenvalue weighted by molar-refractivity contribution is 0.218. The Morgan fingerprint density at radius 1 is 0.875 bits per heavy atom. The van der Waals surface area contributed by atoms with Crippen LogP contribution in [0.4, 0.5) is 0 Å². The molecule has 0 unspecified atom stereocenters. The molecule has 2 aliphatic carbocycles. The minimum atomic E-state index is 0. The molecule has 0 saturated carbocycles. The minimum absolute atomic E-state index is 0. The van der Waals surface area contributed by atoms with Gasteiger partial charge in [-0.05, 0) is 92.4 Å². The van der Waals surface area contributed by atoms with Gasteiger partial charge in [0.15, 0.2) is 11.5 Å². The lowest BCUT2D eigenvalue weighted by Crippen LogP contribution is -2.34. The van der Waals surface area contributed by atoms with Crippen molar-refractivity contribution in [2.45, 2.75) is 75.9 Å². The Hall–Kier alpha value is -2.25. The van der Waals surface area contributed by atoms with Crippen LogP contribution in [-0.4, -0.2) is 47.4 Å². The Kier molecular flexibility index (Phi) is 10.1. The highest BCUT2D eigenvalue weighted by Crippen LogP contribution is 2.46. The molecule has 7 heteroatoms. The molecule has 2 heterocycles. The van der Waals surface area contributed by atoms with Crippen LogP contribution < -0.4 is 10.1 Å². The number of phenols is 2. The Labute approximate surface area is 255 Å². The molecule has 2 saturated heterocycles. The van der Waals surface area contributed by atoms with E-state index in [2.05, 4.69) is 59.6 Å². The molecule has 40 heavy (non-hydrogen) atoms. The molecule has 0 amide bonds. The summed E-state index contributed by atoms with van der Waals surface area (Å²) in [5, 5.41) is 23.4. The van der Waals surface area contributed by atoms with E-state index in [1.54, 1.807) is 13.2 Å². The van der Waals surface area contributed by atoms with E-state index in [0.717, 1.165) is 56.0 Å². The maximum Gasteiger partial charge on any atom is 0.160 e. The van der Waals surface area contributed by atoms with Gasteiger partial charge < -0.3 is 20.3 Å². The number of nitrogens with zero attached hydrogens (tertiary/aromatic N) is 1. The number of hydrogen-bond donors (Lipinski definition) is 3. The van der Waals surface area contributed by atoms with E-state index in [1.807, 2.05) is 6.07 Å². The van der Waals surface area contributed by atoms with Crippen molar-refractivity contribution in [1.29, 1.82) is 0 Å². The van der Waals surface area contributed by atoms with Crippen LogP contribution in [0, 0.1) is 6.92 Å². The van der Waals surface area contributed by atoms with Gasteiger partial charge in [-0.25, -0.2) is 0 Å². The third kappa shape index (κ3) is 5.74. The van der Waals surface area contributed by atoms with Crippen LogP contribution >= 0.6 is 29.4 Å². The van der Waals surface area contributed by atoms with Crippen LogP contribution in [0.15, 0.2) is 54.6 Å². The van der Waals surface area contributed by atoms with Crippen LogP contribution in [0.1, 0.15) is 70.9 Å². The zero-order valence-electron chi connectivity index (χ0n) is 23.4. The van der Waals surface area contributed by atoms with Crippen LogP contribution in [0.5, 0.6) is 17.2 Å². The molecule has 4 atom stereocenters. The maximum absolute atomic E-state index is 10.1. The zero-order chi connectivity index (χ0) is 26.2. The fourth-order valence-corrected chi connectivity index (χ4v) is 7.61. The van der Waals surface area contributed by atoms with E-state index in [9.17, 15) is 10.2 Å². The SMILES string of the molecule is Br.COc1c(C)ccc2c1CC[C@@H]1NCC[C@H]21.Cl.Oc1ccc2c(c1O)CC[C@H]1[C@@H]2CCN1Cc1ccccc1. The van der Waals surface area contributed by atoms with Crippen molar-refractivity contribution < 1.29 is 14.9 Å². The highest BCUT2D eigenvalue weighted by atomic mass is 79.9. The molecular weight excluding hydrogens is 588 g/mol. The second-order valence-electron chi connectivity index (χ2n) is 11.4. The molecule has 7 rings (SSSR count). The monoisotopic (exact) mass is 628 g/mol. The number of nitrogens with one attached hydrogen (secondary N) is 1. The largest absolute Gasteiger partial charge is 0.504 e. The Bertz CT molecular complexity index is 1300. The quantitative estimate of drug-likeness (QED) is 0.278. The molecule has 0 aromatic heterocycles. The van der Waals surface area contributed by atoms with Gasteiger partial charge in [0.25, 0.3) is 0 Å². The average Bonchev–Trinajstić information content (AvgIpc) is 3.59. The highest BCUT2D eigenvalue weighted by molar-refractivity contribution is 8.93. The molecule has 2 fully saturated rings. The van der Waals surface area contributed by atoms with Crippen LogP contribution in [0.25, 0.3) is 0 Å². The van der Waals surface area contributed by atoms with Gasteiger partial charge in [0.1, 0.15) is 5.75 Å². The smallest absolute Gasteiger partial charge is 0.160 e. The number of fused-ring (bicyclic) bond motifs is 6. The van der Waals surface area contributed by atoms with E-state index in [4.69, 9.17) is 4.74 Å². The van der Waals surface area contributed by atoms with Crippen LogP contribution in [-0.2, 0) is 19.4 Å². The molecule has 0 spiro atoms. The molecule has 0 radical (unpaired) electrons. The van der Waals surface area contributed by atoms with Crippen molar-refractivity contribution in [3.8, 4) is 17.2 Å². The topological polar surface area (TPSA) is 65.0 Å². The number of hydrogen-bond acceptors (Lipinski definition) is 5. The molecule has 3 aromatic carbocycles. The van der Waals surface area contributed by atoms with Gasteiger partial charge >= 0.3 is 0 Å². The molecule has 3 N–H and O–H groups in total. The van der Waals surface area contributed by atoms with Gasteiger partial charge in [0.05, 0.1) is 7.11 Å². The number of halogens is 2. The summed E-state index contributed by atoms with van der Waals surface area (Å²) in [6.07, 6.45) is 6.74. The Morgan fingerprint density at radius 3 is 2.38 bits per heavy atom. The summed E-state index contributed by atoms with van der Waals surface area (Å²) in [7, 11) is 1.79. The maximum atomic E-state index is 10.1. The third-order valence-electron chi connectivity index (χ3n) is 9.43. The molecule has 4 aliphatic rings. The van der Waals surface area contributed by atoms with Crippen LogP contribution in [0.2, 0.25) is 0 Å². The first-order valence-electron chi connectivity index (χ1n) is 14.3. The number of methoxy groups -OCH3 is 1. The molecule has 0 bridgehead atoms. The van der Waals surface area contributed by atoms with Gasteiger partial charge in [-0.2, -0.15) is 0 Å². The number of benzene rings is 3. The van der Waals surface area contributed by atoms with E-state index in [-0.39, 0.29) is 40.9 Å². The number of aromatic hydroxyl groups is 2. The van der Waals surface area contributed by atoms with Gasteiger partial charge in [0, 0.05) is 36.0 Å². The van der Waals surface area contributed by atoms with Crippen molar-refractivity contribution in [2.24, 2.45) is 0 Å². The van der Waals surface area contributed by atoms with E-state index < -0.39 is 0 Å².